The molecular weight excluding hydrogens is 275 g/mol. The summed E-state index contributed by atoms with van der Waals surface area (Å²) in [5.41, 5.74) is -1.09. The number of hydroxylamine groups is 2. The van der Waals surface area contributed by atoms with Gasteiger partial charge in [-0.25, -0.2) is 5.06 Å². The lowest BCUT2D eigenvalue weighted by atomic mass is 10.1. The molecule has 0 radical (unpaired) electrons. The summed E-state index contributed by atoms with van der Waals surface area (Å²) >= 11 is 0. The van der Waals surface area contributed by atoms with E-state index < -0.39 is 19.2 Å². The average molecular weight is 290 g/mol. The summed E-state index contributed by atoms with van der Waals surface area (Å²) in [6.07, 6.45) is 2.08. The van der Waals surface area contributed by atoms with Crippen LogP contribution in [0.25, 0.3) is 0 Å². The fourth-order valence-electron chi connectivity index (χ4n) is 1.60. The molecule has 0 aliphatic carbocycles. The molecule has 1 aromatic heterocycles. The molecule has 106 valence electrons. The number of amides is 1. The highest BCUT2D eigenvalue weighted by atomic mass is 31.2. The minimum Gasteiger partial charge on any atom is -0.619 e. The van der Waals surface area contributed by atoms with Crippen molar-refractivity contribution in [1.29, 1.82) is 0 Å². The molecule has 1 aromatic rings. The van der Waals surface area contributed by atoms with Gasteiger partial charge in [-0.1, -0.05) is 0 Å². The normalized spacial score (nSPS) is 13.1. The Morgan fingerprint density at radius 2 is 2.21 bits per heavy atom. The van der Waals surface area contributed by atoms with Gasteiger partial charge in [-0.3, -0.25) is 14.6 Å². The summed E-state index contributed by atoms with van der Waals surface area (Å²) in [7, 11) is -4.51. The van der Waals surface area contributed by atoms with E-state index in [1.165, 1.54) is 18.3 Å². The van der Waals surface area contributed by atoms with Gasteiger partial charge in [-0.05, 0) is 12.5 Å². The van der Waals surface area contributed by atoms with E-state index in [0.717, 1.165) is 13.1 Å². The first kappa shape index (κ1) is 15.6. The first-order chi connectivity index (χ1) is 8.71. The molecule has 3 N–H and O–H groups in total. The number of hydrogen-bond donors (Lipinski definition) is 3. The van der Waals surface area contributed by atoms with E-state index in [1.54, 1.807) is 0 Å². The molecule has 0 fully saturated rings. The third-order valence-electron chi connectivity index (χ3n) is 2.57. The number of rotatable bonds is 5. The summed E-state index contributed by atoms with van der Waals surface area (Å²) < 4.78 is 11.9. The van der Waals surface area contributed by atoms with Gasteiger partial charge in [0.05, 0.1) is 5.66 Å². The van der Waals surface area contributed by atoms with E-state index in [0.29, 0.717) is 9.79 Å². The fraction of sp³-hybridized carbons (Fsp3) is 0.400. The molecule has 0 spiro atoms. The van der Waals surface area contributed by atoms with Crippen molar-refractivity contribution in [3.05, 3.63) is 35.3 Å². The number of aromatic nitrogens is 1. The lowest BCUT2D eigenvalue weighted by molar-refractivity contribution is -0.605. The highest BCUT2D eigenvalue weighted by Gasteiger charge is 2.32. The first-order valence-corrected chi connectivity index (χ1v) is 7.11. The second kappa shape index (κ2) is 6.12. The van der Waals surface area contributed by atoms with Gasteiger partial charge in [0.15, 0.2) is 12.4 Å². The summed E-state index contributed by atoms with van der Waals surface area (Å²) in [4.78, 5) is 29.4. The topological polar surface area (TPSA) is 125 Å². The lowest BCUT2D eigenvalue weighted by Crippen LogP contribution is -2.28. The smallest absolute Gasteiger partial charge is 0.333 e. The van der Waals surface area contributed by atoms with Crippen molar-refractivity contribution < 1.29 is 29.1 Å². The van der Waals surface area contributed by atoms with E-state index in [-0.39, 0.29) is 18.5 Å². The highest BCUT2D eigenvalue weighted by molar-refractivity contribution is 7.52. The fourth-order valence-corrected chi connectivity index (χ4v) is 2.59. The number of nitrogens with zero attached hydrogens (tertiary/aromatic N) is 2. The molecule has 0 aliphatic heterocycles. The van der Waals surface area contributed by atoms with Crippen molar-refractivity contribution in [3.8, 4) is 0 Å². The van der Waals surface area contributed by atoms with Gasteiger partial charge in [-0.15, -0.1) is 0 Å². The zero-order valence-corrected chi connectivity index (χ0v) is 11.1. The molecule has 0 aliphatic rings. The summed E-state index contributed by atoms with van der Waals surface area (Å²) in [6, 6.07) is 2.78. The van der Waals surface area contributed by atoms with Crippen LogP contribution < -0.4 is 4.73 Å². The number of hydrogen-bond acceptors (Lipinski definition) is 4. The van der Waals surface area contributed by atoms with Crippen LogP contribution in [0.1, 0.15) is 24.6 Å². The van der Waals surface area contributed by atoms with Crippen LogP contribution in [0.5, 0.6) is 0 Å². The van der Waals surface area contributed by atoms with Gasteiger partial charge < -0.3 is 15.0 Å². The Morgan fingerprint density at radius 3 is 2.68 bits per heavy atom. The maximum atomic E-state index is 11.4. The van der Waals surface area contributed by atoms with Gasteiger partial charge >= 0.3 is 7.60 Å². The predicted octanol–water partition coefficient (Wildman–Crippen LogP) is 0.167. The van der Waals surface area contributed by atoms with Crippen LogP contribution >= 0.6 is 7.60 Å². The van der Waals surface area contributed by atoms with Crippen molar-refractivity contribution in [3.63, 3.8) is 0 Å². The second-order valence-corrected chi connectivity index (χ2v) is 5.83. The highest BCUT2D eigenvalue weighted by Crippen LogP contribution is 2.53. The second-order valence-electron chi connectivity index (χ2n) is 4.03. The van der Waals surface area contributed by atoms with Gasteiger partial charge in [0.1, 0.15) is 0 Å². The molecule has 1 atom stereocenters. The lowest BCUT2D eigenvalue weighted by Gasteiger charge is -2.20. The number of carbonyl (C=O) groups excluding carboxylic acids is 1. The predicted molar refractivity (Wildman–Crippen MR) is 64.0 cm³/mol. The Bertz CT molecular complexity index is 503. The number of carbonyl (C=O) groups is 1. The molecule has 19 heavy (non-hydrogen) atoms. The van der Waals surface area contributed by atoms with Gasteiger partial charge in [0.2, 0.25) is 5.91 Å². The van der Waals surface area contributed by atoms with E-state index >= 15 is 0 Å². The third-order valence-corrected chi connectivity index (χ3v) is 3.93. The molecular formula is C10H15N2O6P. The van der Waals surface area contributed by atoms with Gasteiger partial charge in [0.25, 0.3) is 0 Å². The quantitative estimate of drug-likeness (QED) is 0.233. The Morgan fingerprint density at radius 1 is 1.58 bits per heavy atom. The molecule has 1 unspecified atom stereocenters. The zero-order chi connectivity index (χ0) is 14.6. The molecule has 8 nitrogen and oxygen atoms in total. The molecule has 1 amide bonds. The average Bonchev–Trinajstić information content (AvgIpc) is 2.27. The Balaban J connectivity index is 2.91. The molecule has 1 heterocycles. The van der Waals surface area contributed by atoms with Crippen molar-refractivity contribution >= 4 is 13.5 Å². The summed E-state index contributed by atoms with van der Waals surface area (Å²) in [5.74, 6) is -0.628. The van der Waals surface area contributed by atoms with E-state index in [2.05, 4.69) is 0 Å². The first-order valence-electron chi connectivity index (χ1n) is 5.42. The molecule has 1 rings (SSSR count). The van der Waals surface area contributed by atoms with Crippen LogP contribution in [0.2, 0.25) is 0 Å². The Kier molecular flexibility index (Phi) is 5.02. The van der Waals surface area contributed by atoms with Gasteiger partial charge in [0, 0.05) is 25.1 Å². The van der Waals surface area contributed by atoms with Crippen molar-refractivity contribution in [2.45, 2.75) is 19.0 Å². The van der Waals surface area contributed by atoms with Gasteiger partial charge in [-0.2, -0.15) is 4.73 Å². The monoisotopic (exact) mass is 290 g/mol. The van der Waals surface area contributed by atoms with Crippen molar-refractivity contribution in [2.75, 3.05) is 6.54 Å². The molecule has 9 heteroatoms. The minimum atomic E-state index is -4.51. The third kappa shape index (κ3) is 4.60. The van der Waals surface area contributed by atoms with Crippen molar-refractivity contribution in [2.24, 2.45) is 0 Å². The largest absolute Gasteiger partial charge is 0.619 e. The maximum Gasteiger partial charge on any atom is 0.333 e. The van der Waals surface area contributed by atoms with E-state index in [9.17, 15) is 29.6 Å². The summed E-state index contributed by atoms with van der Waals surface area (Å²) in [6.45, 7) is 0.888. The minimum absolute atomic E-state index is 0.155. The number of pyridine rings is 1. The van der Waals surface area contributed by atoms with Crippen LogP contribution in [-0.2, 0) is 9.36 Å². The Labute approximate surface area is 109 Å². The van der Waals surface area contributed by atoms with Crippen LogP contribution in [0.15, 0.2) is 24.5 Å². The zero-order valence-electron chi connectivity index (χ0n) is 10.2. The van der Waals surface area contributed by atoms with Crippen LogP contribution in [-0.4, -0.2) is 32.5 Å². The summed E-state index contributed by atoms with van der Waals surface area (Å²) in [5, 5.41) is 20.7. The molecule has 0 saturated heterocycles. The van der Waals surface area contributed by atoms with Crippen LogP contribution in [0, 0.1) is 5.21 Å². The van der Waals surface area contributed by atoms with Crippen molar-refractivity contribution in [1.82, 2.24) is 5.06 Å². The SMILES string of the molecule is CC(=O)N(O)CCC(c1ccc[n+]([O-])c1)P(=O)(O)O. The molecule has 0 saturated carbocycles. The standard InChI is InChI=1S/C10H15N2O6P/c1-8(13)12(15)6-4-10(19(16,17)18)9-3-2-5-11(14)7-9/h2-3,5,7,10,15H,4,6H2,1H3,(H2,16,17,18). The van der Waals surface area contributed by atoms with Crippen LogP contribution in [0.4, 0.5) is 0 Å². The molecule has 0 bridgehead atoms. The molecule has 0 aromatic carbocycles. The van der Waals surface area contributed by atoms with Crippen LogP contribution in [0.3, 0.4) is 0 Å². The van der Waals surface area contributed by atoms with E-state index in [4.69, 9.17) is 0 Å². The Hall–Kier alpha value is -1.47. The van der Waals surface area contributed by atoms with E-state index in [1.807, 2.05) is 0 Å². The maximum absolute atomic E-state index is 11.4.